The number of nitrogens with two attached hydrogens (primary N) is 2. The predicted octanol–water partition coefficient (Wildman–Crippen LogP) is 3.66. The number of amides is 5. The van der Waals surface area contributed by atoms with Gasteiger partial charge in [-0.3, -0.25) is 29.0 Å². The maximum atomic E-state index is 14.3. The van der Waals surface area contributed by atoms with Crippen LogP contribution in [0.25, 0.3) is 11.1 Å². The summed E-state index contributed by atoms with van der Waals surface area (Å²) >= 11 is 4.35. The molecule has 0 spiro atoms. The zero-order valence-electron chi connectivity index (χ0n) is 35.1. The Hall–Kier alpha value is -6.93. The summed E-state index contributed by atoms with van der Waals surface area (Å²) in [6.45, 7) is 0.525. The molecule has 0 aliphatic carbocycles. The molecule has 0 aliphatic heterocycles. The predicted molar refractivity (Wildman–Crippen MR) is 251 cm³/mol. The topological polar surface area (TPSA) is 210 Å². The lowest BCUT2D eigenvalue weighted by molar-refractivity contribution is -0.134. The Labute approximate surface area is 374 Å². The van der Waals surface area contributed by atoms with E-state index in [0.717, 1.165) is 33.4 Å². The maximum absolute atomic E-state index is 14.3. The van der Waals surface area contributed by atoms with Gasteiger partial charge in [0.2, 0.25) is 29.5 Å². The molecular weight excluding hydrogens is 813 g/mol. The highest BCUT2D eigenvalue weighted by atomic mass is 32.1. The number of nitrogens with zero attached hydrogens (tertiary/aromatic N) is 1. The molecule has 0 radical (unpaired) electrons. The van der Waals surface area contributed by atoms with Gasteiger partial charge in [0.1, 0.15) is 24.2 Å². The maximum Gasteiger partial charge on any atom is 0.244 e. The fourth-order valence-corrected chi connectivity index (χ4v) is 7.13. The average Bonchev–Trinajstić information content (AvgIpc) is 3.30. The van der Waals surface area contributed by atoms with E-state index < -0.39 is 47.8 Å². The number of guanidine groups is 1. The zero-order chi connectivity index (χ0) is 44.8. The number of aliphatic imine (C=N–C) groups is 1. The Morgan fingerprint density at radius 1 is 0.508 bits per heavy atom. The van der Waals surface area contributed by atoms with Crippen molar-refractivity contribution in [3.63, 3.8) is 0 Å². The number of nitrogens with one attached hydrogen (secondary N) is 5. The van der Waals surface area contributed by atoms with E-state index in [0.29, 0.717) is 19.4 Å². The van der Waals surface area contributed by atoms with Crippen molar-refractivity contribution < 1.29 is 24.0 Å². The third-order valence-corrected chi connectivity index (χ3v) is 10.6. The van der Waals surface area contributed by atoms with E-state index in [4.69, 9.17) is 11.5 Å². The molecule has 0 heterocycles. The van der Waals surface area contributed by atoms with Crippen molar-refractivity contribution in [2.24, 2.45) is 16.5 Å². The van der Waals surface area contributed by atoms with Gasteiger partial charge < -0.3 is 38.1 Å². The Balaban J connectivity index is 1.29. The Kier molecular flexibility index (Phi) is 18.8. The van der Waals surface area contributed by atoms with Gasteiger partial charge in [-0.1, -0.05) is 146 Å². The molecule has 13 nitrogen and oxygen atoms in total. The summed E-state index contributed by atoms with van der Waals surface area (Å²) in [6.07, 6.45) is 1.29. The number of rotatable bonds is 23. The summed E-state index contributed by atoms with van der Waals surface area (Å²) in [5, 5.41) is 14.2. The molecule has 0 aliphatic rings. The summed E-state index contributed by atoms with van der Waals surface area (Å²) in [5.74, 6) is -2.84. The van der Waals surface area contributed by atoms with Gasteiger partial charge in [-0.05, 0) is 52.6 Å². The van der Waals surface area contributed by atoms with Crippen LogP contribution < -0.4 is 38.1 Å². The standard InChI is InChI=1S/C49H56N8O5S/c50-49(51)53-28-13-22-40(55-48(62)43(33-63)54-44(58)32-37-23-25-39(26-24-37)38-20-11-4-12-21-38)46(60)57-42(31-36-18-9-3-10-19-36)47(61)56-41(30-35-16-7-2-8-17-35)45(59)52-29-27-34-14-5-1-6-15-34/h1-12,14-21,23-26,40-43,63H,13,22,27-33H2,(H,52,59)(H,54,58)(H,55,62)(H,56,61)(H,57,60)(H4,50,51,53)/t40-,41?,42?,43?/m1/s1. The minimum Gasteiger partial charge on any atom is -0.370 e. The second-order valence-electron chi connectivity index (χ2n) is 15.1. The summed E-state index contributed by atoms with van der Waals surface area (Å²) in [4.78, 5) is 73.2. The van der Waals surface area contributed by atoms with E-state index in [1.807, 2.05) is 146 Å². The number of carbonyl (C=O) groups is 5. The smallest absolute Gasteiger partial charge is 0.244 e. The van der Waals surface area contributed by atoms with Crippen molar-refractivity contribution in [2.75, 3.05) is 18.8 Å². The summed E-state index contributed by atoms with van der Waals surface area (Å²) in [6, 6.07) is 41.3. The summed E-state index contributed by atoms with van der Waals surface area (Å²) in [5.41, 5.74) is 16.5. The van der Waals surface area contributed by atoms with E-state index in [1.54, 1.807) is 0 Å². The lowest BCUT2D eigenvalue weighted by atomic mass is 10.0. The van der Waals surface area contributed by atoms with Crippen molar-refractivity contribution in [3.8, 4) is 11.1 Å². The molecule has 0 bridgehead atoms. The highest BCUT2D eigenvalue weighted by molar-refractivity contribution is 7.80. The largest absolute Gasteiger partial charge is 0.370 e. The number of hydrogen-bond acceptors (Lipinski definition) is 7. The summed E-state index contributed by atoms with van der Waals surface area (Å²) < 4.78 is 0. The number of thiol groups is 1. The zero-order valence-corrected chi connectivity index (χ0v) is 36.0. The lowest BCUT2D eigenvalue weighted by Crippen LogP contribution is -2.59. The molecule has 5 aromatic rings. The van der Waals surface area contributed by atoms with Crippen LogP contribution in [0.2, 0.25) is 0 Å². The monoisotopic (exact) mass is 868 g/mol. The third kappa shape index (κ3) is 16.1. The number of hydrogen-bond donors (Lipinski definition) is 8. The second kappa shape index (κ2) is 25.1. The van der Waals surface area contributed by atoms with Crippen LogP contribution in [-0.4, -0.2) is 78.5 Å². The van der Waals surface area contributed by atoms with Crippen LogP contribution in [0.1, 0.15) is 35.1 Å². The first-order valence-electron chi connectivity index (χ1n) is 21.0. The molecule has 0 saturated heterocycles. The van der Waals surface area contributed by atoms with Crippen molar-refractivity contribution in [1.82, 2.24) is 26.6 Å². The molecule has 14 heteroatoms. The van der Waals surface area contributed by atoms with Gasteiger partial charge in [-0.2, -0.15) is 12.6 Å². The first kappa shape index (κ1) is 47.1. The minimum atomic E-state index is -1.16. The fourth-order valence-electron chi connectivity index (χ4n) is 6.88. The molecule has 5 amide bonds. The van der Waals surface area contributed by atoms with Crippen LogP contribution in [0.4, 0.5) is 0 Å². The van der Waals surface area contributed by atoms with E-state index >= 15 is 0 Å². The van der Waals surface area contributed by atoms with Crippen LogP contribution in [0, 0.1) is 0 Å². The normalized spacial score (nSPS) is 12.7. The molecule has 0 saturated carbocycles. The van der Waals surface area contributed by atoms with E-state index in [1.165, 1.54) is 0 Å². The SMILES string of the molecule is NC(N)=NCCC[C@@H](NC(=O)C(CS)NC(=O)Cc1ccc(-c2ccccc2)cc1)C(=O)NC(Cc1ccccc1)C(=O)NC(Cc1ccccc1)C(=O)NCCc1ccccc1. The van der Waals surface area contributed by atoms with Gasteiger partial charge in [0.05, 0.1) is 6.42 Å². The van der Waals surface area contributed by atoms with Crippen molar-refractivity contribution in [3.05, 3.63) is 168 Å². The first-order chi connectivity index (χ1) is 30.6. The molecule has 9 N–H and O–H groups in total. The molecule has 5 aromatic carbocycles. The van der Waals surface area contributed by atoms with Crippen LogP contribution in [0.15, 0.2) is 151 Å². The van der Waals surface area contributed by atoms with Crippen LogP contribution in [-0.2, 0) is 49.7 Å². The lowest BCUT2D eigenvalue weighted by Gasteiger charge is -2.26. The highest BCUT2D eigenvalue weighted by Crippen LogP contribution is 2.19. The fraction of sp³-hybridized carbons (Fsp3) is 0.265. The Bertz CT molecular complexity index is 2240. The molecule has 63 heavy (non-hydrogen) atoms. The summed E-state index contributed by atoms with van der Waals surface area (Å²) in [7, 11) is 0. The second-order valence-corrected chi connectivity index (χ2v) is 15.4. The van der Waals surface area contributed by atoms with Crippen LogP contribution >= 0.6 is 12.6 Å². The average molecular weight is 869 g/mol. The van der Waals surface area contributed by atoms with E-state index in [9.17, 15) is 24.0 Å². The van der Waals surface area contributed by atoms with Crippen molar-refractivity contribution in [2.45, 2.75) is 62.7 Å². The molecule has 0 fully saturated rings. The number of carbonyl (C=O) groups excluding carboxylic acids is 5. The first-order valence-corrected chi connectivity index (χ1v) is 21.6. The van der Waals surface area contributed by atoms with Gasteiger partial charge in [0, 0.05) is 31.7 Å². The van der Waals surface area contributed by atoms with Gasteiger partial charge in [-0.25, -0.2) is 0 Å². The van der Waals surface area contributed by atoms with Gasteiger partial charge in [0.15, 0.2) is 5.96 Å². The van der Waals surface area contributed by atoms with E-state index in [2.05, 4.69) is 44.2 Å². The van der Waals surface area contributed by atoms with Crippen LogP contribution in [0.3, 0.4) is 0 Å². The molecule has 4 atom stereocenters. The molecule has 328 valence electrons. The van der Waals surface area contributed by atoms with Gasteiger partial charge >= 0.3 is 0 Å². The van der Waals surface area contributed by atoms with Crippen LogP contribution in [0.5, 0.6) is 0 Å². The van der Waals surface area contributed by atoms with Crippen molar-refractivity contribution >= 4 is 48.1 Å². The Morgan fingerprint density at radius 3 is 1.51 bits per heavy atom. The molecule has 3 unspecified atom stereocenters. The minimum absolute atomic E-state index is 0.0155. The molecular formula is C49H56N8O5S. The number of benzene rings is 5. The quantitative estimate of drug-likeness (QED) is 0.0211. The van der Waals surface area contributed by atoms with Gasteiger partial charge in [0.25, 0.3) is 0 Å². The van der Waals surface area contributed by atoms with E-state index in [-0.39, 0.29) is 49.8 Å². The molecule has 5 rings (SSSR count). The molecule has 0 aromatic heterocycles. The van der Waals surface area contributed by atoms with Crippen molar-refractivity contribution in [1.29, 1.82) is 0 Å². The van der Waals surface area contributed by atoms with Gasteiger partial charge in [-0.15, -0.1) is 0 Å². The Morgan fingerprint density at radius 2 is 0.968 bits per heavy atom. The third-order valence-electron chi connectivity index (χ3n) is 10.2. The highest BCUT2D eigenvalue weighted by Gasteiger charge is 2.31.